The van der Waals surface area contributed by atoms with Gasteiger partial charge in [-0.2, -0.15) is 0 Å². The summed E-state index contributed by atoms with van der Waals surface area (Å²) >= 11 is 0. The van der Waals surface area contributed by atoms with Crippen LogP contribution in [0.4, 0.5) is 5.69 Å². The number of nitrogens with one attached hydrogen (secondary N) is 1. The minimum atomic E-state index is -0.0718. The highest BCUT2D eigenvalue weighted by atomic mass is 16.5. The summed E-state index contributed by atoms with van der Waals surface area (Å²) in [7, 11) is 0. The van der Waals surface area contributed by atoms with Gasteiger partial charge in [0.2, 0.25) is 5.91 Å². The molecule has 0 spiro atoms. The van der Waals surface area contributed by atoms with E-state index in [1.807, 2.05) is 36.1 Å². The number of nitrogens with zero attached hydrogens (tertiary/aromatic N) is 2. The Balaban J connectivity index is 1.41. The Hall–Kier alpha value is -2.63. The maximum absolute atomic E-state index is 12.4. The minimum absolute atomic E-state index is 0.0483. The average Bonchev–Trinajstić information content (AvgIpc) is 3.06. The van der Waals surface area contributed by atoms with Crippen molar-refractivity contribution in [2.45, 2.75) is 39.5 Å². The van der Waals surface area contributed by atoms with Gasteiger partial charge in [-0.25, -0.2) is 0 Å². The van der Waals surface area contributed by atoms with Gasteiger partial charge in [0.1, 0.15) is 5.76 Å². The van der Waals surface area contributed by atoms with Gasteiger partial charge in [-0.1, -0.05) is 17.3 Å². The standard InChI is InChI=1S/C20H25N3O3/c1-14-4-3-5-17(12-14)21-19(24)7-6-16-8-10-23(11-9-16)20(25)18-13-15(2)26-22-18/h3-5,12-13,16H,6-11H2,1-2H3,(H,21,24). The van der Waals surface area contributed by atoms with E-state index in [-0.39, 0.29) is 11.8 Å². The molecule has 0 unspecified atom stereocenters. The van der Waals surface area contributed by atoms with Crippen molar-refractivity contribution in [3.8, 4) is 0 Å². The van der Waals surface area contributed by atoms with E-state index < -0.39 is 0 Å². The molecule has 1 aromatic carbocycles. The molecule has 2 aromatic rings. The first-order valence-electron chi connectivity index (χ1n) is 9.10. The normalized spacial score (nSPS) is 15.1. The molecule has 1 fully saturated rings. The van der Waals surface area contributed by atoms with E-state index >= 15 is 0 Å². The van der Waals surface area contributed by atoms with Crippen molar-refractivity contribution in [2.75, 3.05) is 18.4 Å². The Morgan fingerprint density at radius 1 is 1.23 bits per heavy atom. The second kappa shape index (κ2) is 8.17. The molecule has 26 heavy (non-hydrogen) atoms. The molecule has 1 aliphatic rings. The molecule has 3 rings (SSSR count). The summed E-state index contributed by atoms with van der Waals surface area (Å²) in [5, 5.41) is 6.75. The summed E-state index contributed by atoms with van der Waals surface area (Å²) in [6.07, 6.45) is 3.19. The predicted molar refractivity (Wildman–Crippen MR) is 98.9 cm³/mol. The zero-order valence-electron chi connectivity index (χ0n) is 15.3. The van der Waals surface area contributed by atoms with E-state index in [9.17, 15) is 9.59 Å². The number of likely N-dealkylation sites (tertiary alicyclic amines) is 1. The molecule has 0 aliphatic carbocycles. The fraction of sp³-hybridized carbons (Fsp3) is 0.450. The van der Waals surface area contributed by atoms with Crippen LogP contribution in [0.1, 0.15) is 47.5 Å². The first-order valence-corrected chi connectivity index (χ1v) is 9.10. The zero-order chi connectivity index (χ0) is 18.5. The van der Waals surface area contributed by atoms with Gasteiger partial charge in [0, 0.05) is 31.3 Å². The molecule has 6 heteroatoms. The van der Waals surface area contributed by atoms with Gasteiger partial charge in [0.25, 0.3) is 5.91 Å². The molecule has 138 valence electrons. The van der Waals surface area contributed by atoms with Crippen LogP contribution < -0.4 is 5.32 Å². The molecule has 2 heterocycles. The van der Waals surface area contributed by atoms with E-state index in [0.29, 0.717) is 36.9 Å². The molecular weight excluding hydrogens is 330 g/mol. The molecule has 0 atom stereocenters. The summed E-state index contributed by atoms with van der Waals surface area (Å²) in [5.74, 6) is 1.09. The highest BCUT2D eigenvalue weighted by Gasteiger charge is 2.25. The molecule has 0 saturated carbocycles. The Kier molecular flexibility index (Phi) is 5.71. The van der Waals surface area contributed by atoms with Gasteiger partial charge in [0.05, 0.1) is 0 Å². The van der Waals surface area contributed by atoms with Crippen LogP contribution in [0.5, 0.6) is 0 Å². The van der Waals surface area contributed by atoms with Crippen molar-refractivity contribution in [3.05, 3.63) is 47.3 Å². The van der Waals surface area contributed by atoms with Crippen LogP contribution in [0.3, 0.4) is 0 Å². The Morgan fingerprint density at radius 3 is 2.65 bits per heavy atom. The second-order valence-electron chi connectivity index (χ2n) is 7.01. The first kappa shape index (κ1) is 18.2. The second-order valence-corrected chi connectivity index (χ2v) is 7.01. The number of rotatable bonds is 5. The smallest absolute Gasteiger partial charge is 0.276 e. The first-order chi connectivity index (χ1) is 12.5. The lowest BCUT2D eigenvalue weighted by atomic mass is 9.92. The number of anilines is 1. The Bertz CT molecular complexity index is 776. The molecule has 1 aromatic heterocycles. The third kappa shape index (κ3) is 4.71. The highest BCUT2D eigenvalue weighted by molar-refractivity contribution is 5.92. The fourth-order valence-corrected chi connectivity index (χ4v) is 3.34. The van der Waals surface area contributed by atoms with Gasteiger partial charge >= 0.3 is 0 Å². The van der Waals surface area contributed by atoms with Crippen LogP contribution in [0.2, 0.25) is 0 Å². The van der Waals surface area contributed by atoms with E-state index in [0.717, 1.165) is 30.5 Å². The largest absolute Gasteiger partial charge is 0.361 e. The van der Waals surface area contributed by atoms with Crippen LogP contribution in [0, 0.1) is 19.8 Å². The van der Waals surface area contributed by atoms with Crippen molar-refractivity contribution < 1.29 is 14.1 Å². The summed E-state index contributed by atoms with van der Waals surface area (Å²) in [5.41, 5.74) is 2.35. The van der Waals surface area contributed by atoms with Crippen LogP contribution >= 0.6 is 0 Å². The van der Waals surface area contributed by atoms with Gasteiger partial charge in [-0.05, 0) is 56.7 Å². The molecular formula is C20H25N3O3. The predicted octanol–water partition coefficient (Wildman–Crippen LogP) is 3.56. The Morgan fingerprint density at radius 2 is 2.00 bits per heavy atom. The van der Waals surface area contributed by atoms with Crippen molar-refractivity contribution in [1.29, 1.82) is 0 Å². The lowest BCUT2D eigenvalue weighted by Gasteiger charge is -2.31. The number of piperidine rings is 1. The molecule has 0 radical (unpaired) electrons. The topological polar surface area (TPSA) is 75.4 Å². The number of hydrogen-bond acceptors (Lipinski definition) is 4. The van der Waals surface area contributed by atoms with Crippen LogP contribution in [0.15, 0.2) is 34.9 Å². The lowest BCUT2D eigenvalue weighted by molar-refractivity contribution is -0.116. The van der Waals surface area contributed by atoms with Gasteiger partial charge in [-0.3, -0.25) is 9.59 Å². The summed E-state index contributed by atoms with van der Waals surface area (Å²) in [6, 6.07) is 9.48. The summed E-state index contributed by atoms with van der Waals surface area (Å²) in [6.45, 7) is 5.19. The van der Waals surface area contributed by atoms with Gasteiger partial charge < -0.3 is 14.7 Å². The van der Waals surface area contributed by atoms with Gasteiger partial charge in [-0.15, -0.1) is 0 Å². The van der Waals surface area contributed by atoms with E-state index in [4.69, 9.17) is 4.52 Å². The van der Waals surface area contributed by atoms with E-state index in [1.54, 1.807) is 13.0 Å². The molecule has 2 amide bonds. The van der Waals surface area contributed by atoms with E-state index in [2.05, 4.69) is 10.5 Å². The molecule has 1 saturated heterocycles. The number of benzene rings is 1. The number of aromatic nitrogens is 1. The Labute approximate surface area is 153 Å². The number of aryl methyl sites for hydroxylation is 2. The number of hydrogen-bond donors (Lipinski definition) is 1. The van der Waals surface area contributed by atoms with Crippen LogP contribution in [-0.4, -0.2) is 35.0 Å². The number of carbonyl (C=O) groups is 2. The molecule has 6 nitrogen and oxygen atoms in total. The monoisotopic (exact) mass is 355 g/mol. The third-order valence-electron chi connectivity index (χ3n) is 4.83. The van der Waals surface area contributed by atoms with Gasteiger partial charge in [0.15, 0.2) is 5.69 Å². The molecule has 1 N–H and O–H groups in total. The maximum Gasteiger partial charge on any atom is 0.276 e. The van der Waals surface area contributed by atoms with E-state index in [1.165, 1.54) is 0 Å². The minimum Gasteiger partial charge on any atom is -0.361 e. The van der Waals surface area contributed by atoms with Crippen molar-refractivity contribution in [2.24, 2.45) is 5.92 Å². The van der Waals surface area contributed by atoms with Crippen molar-refractivity contribution in [3.63, 3.8) is 0 Å². The zero-order valence-corrected chi connectivity index (χ0v) is 15.3. The number of carbonyl (C=O) groups excluding carboxylic acids is 2. The lowest BCUT2D eigenvalue weighted by Crippen LogP contribution is -2.38. The molecule has 1 aliphatic heterocycles. The van der Waals surface area contributed by atoms with Crippen LogP contribution in [0.25, 0.3) is 0 Å². The number of amides is 2. The third-order valence-corrected chi connectivity index (χ3v) is 4.83. The van der Waals surface area contributed by atoms with Crippen molar-refractivity contribution in [1.82, 2.24) is 10.1 Å². The fourth-order valence-electron chi connectivity index (χ4n) is 3.34. The quantitative estimate of drug-likeness (QED) is 0.890. The average molecular weight is 355 g/mol. The highest BCUT2D eigenvalue weighted by Crippen LogP contribution is 2.23. The van der Waals surface area contributed by atoms with Crippen LogP contribution in [-0.2, 0) is 4.79 Å². The van der Waals surface area contributed by atoms with Crippen molar-refractivity contribution >= 4 is 17.5 Å². The summed E-state index contributed by atoms with van der Waals surface area (Å²) < 4.78 is 4.98. The maximum atomic E-state index is 12.4. The SMILES string of the molecule is Cc1cccc(NC(=O)CCC2CCN(C(=O)c3cc(C)on3)CC2)c1. The molecule has 0 bridgehead atoms. The summed E-state index contributed by atoms with van der Waals surface area (Å²) in [4.78, 5) is 26.3.